The number of nitrogens with zero attached hydrogens (tertiary/aromatic N) is 4. The van der Waals surface area contributed by atoms with E-state index in [0.717, 1.165) is 24.8 Å². The number of rotatable bonds is 16. The van der Waals surface area contributed by atoms with Crippen molar-refractivity contribution in [3.05, 3.63) is 25.6 Å². The molecule has 0 spiro atoms. The Morgan fingerprint density at radius 2 is 1.00 bits per heavy atom. The van der Waals surface area contributed by atoms with E-state index in [2.05, 4.69) is 65.7 Å². The molecule has 0 radical (unpaired) electrons. The van der Waals surface area contributed by atoms with Crippen LogP contribution in [0.4, 0.5) is 9.59 Å². The standard InChI is InChI=1S/C22H32N6O21P4/c1-3-23-19-9(5-25-21(33)27-19)17-15(31)13(29)11(45-17)7-43-50(35,36)47-52(39,40)49-53(41,42)48-51(37,38)44-8-12-14(30)16(32)18(46-12)10-6-26-22(34)28-20(10)24-4-2/h3-6,9-18,29-32H,1-2,7-8H2,(H,35,36)(H,37,38)(H,39,40)(H,41,42)(H,23,27,33)(H,24,28,34)/t9?,10?,11-,12-,13-,14-,15-,16-,17-,18-/m1/s1. The molecule has 0 aromatic rings. The molecule has 0 saturated carbocycles. The first-order valence-corrected chi connectivity index (χ1v) is 20.4. The van der Waals surface area contributed by atoms with Gasteiger partial charge in [0.05, 0.1) is 25.0 Å². The van der Waals surface area contributed by atoms with E-state index in [-0.39, 0.29) is 11.7 Å². The van der Waals surface area contributed by atoms with Crippen LogP contribution >= 0.6 is 31.3 Å². The highest BCUT2D eigenvalue weighted by atomic mass is 31.3. The van der Waals surface area contributed by atoms with E-state index in [9.17, 15) is 67.8 Å². The third kappa shape index (κ3) is 11.2. The Balaban J connectivity index is 1.30. The number of amides is 4. The van der Waals surface area contributed by atoms with Crippen molar-refractivity contribution < 1.29 is 99.3 Å². The summed E-state index contributed by atoms with van der Waals surface area (Å²) in [6.45, 7) is 4.46. The van der Waals surface area contributed by atoms with Crippen LogP contribution in [0, 0.1) is 11.8 Å². The number of amidine groups is 2. The molecule has 2 saturated heterocycles. The summed E-state index contributed by atoms with van der Waals surface area (Å²) >= 11 is 0. The number of aliphatic hydroxyl groups excluding tert-OH is 4. The lowest BCUT2D eigenvalue weighted by Gasteiger charge is -2.26. The van der Waals surface area contributed by atoms with Gasteiger partial charge in [-0.2, -0.15) is 12.9 Å². The van der Waals surface area contributed by atoms with Crippen LogP contribution in [0.3, 0.4) is 0 Å². The zero-order valence-corrected chi connectivity index (χ0v) is 30.0. The molecule has 0 aromatic carbocycles. The molecule has 4 heterocycles. The summed E-state index contributed by atoms with van der Waals surface area (Å²) in [6.07, 6.45) is -9.02. The van der Waals surface area contributed by atoms with Crippen molar-refractivity contribution in [1.82, 2.24) is 10.6 Å². The number of carbonyl (C=O) groups excluding carboxylic acids is 2. The predicted molar refractivity (Wildman–Crippen MR) is 172 cm³/mol. The van der Waals surface area contributed by atoms with Gasteiger partial charge in [-0.3, -0.25) is 19.7 Å². The zero-order chi connectivity index (χ0) is 39.5. The Morgan fingerprint density at radius 1 is 0.660 bits per heavy atom. The van der Waals surface area contributed by atoms with E-state index in [1.165, 1.54) is 0 Å². The number of phosphoric ester groups is 2. The highest BCUT2D eigenvalue weighted by Gasteiger charge is 2.52. The Hall–Kier alpha value is -2.58. The van der Waals surface area contributed by atoms with Crippen molar-refractivity contribution in [2.24, 2.45) is 31.8 Å². The van der Waals surface area contributed by atoms with Crippen molar-refractivity contribution in [2.45, 2.75) is 48.8 Å². The predicted octanol–water partition coefficient (Wildman–Crippen LogP) is -1.65. The Morgan fingerprint density at radius 3 is 1.34 bits per heavy atom. The van der Waals surface area contributed by atoms with E-state index in [4.69, 9.17) is 9.47 Å². The molecule has 6 unspecified atom stereocenters. The fraction of sp³-hybridized carbons (Fsp3) is 0.545. The van der Waals surface area contributed by atoms with Gasteiger partial charge < -0.3 is 49.5 Å². The number of carbonyl (C=O) groups is 2. The number of hydrogen-bond acceptors (Lipinski definition) is 19. The molecule has 31 heteroatoms. The van der Waals surface area contributed by atoms with Gasteiger partial charge in [0.15, 0.2) is 0 Å². The second kappa shape index (κ2) is 17.1. The molecule has 0 aliphatic carbocycles. The van der Waals surface area contributed by atoms with Crippen molar-refractivity contribution in [3.63, 3.8) is 0 Å². The Labute approximate surface area is 296 Å². The van der Waals surface area contributed by atoms with Crippen molar-refractivity contribution in [3.8, 4) is 0 Å². The van der Waals surface area contributed by atoms with E-state index in [0.29, 0.717) is 0 Å². The minimum Gasteiger partial charge on any atom is -0.388 e. The molecular weight excluding hydrogens is 808 g/mol. The van der Waals surface area contributed by atoms with Crippen LogP contribution in [0.25, 0.3) is 0 Å². The summed E-state index contributed by atoms with van der Waals surface area (Å²) in [7, 11) is -24.0. The molecule has 0 aromatic heterocycles. The number of urea groups is 2. The lowest BCUT2D eigenvalue weighted by Crippen LogP contribution is -2.48. The molecule has 2 fully saturated rings. The van der Waals surface area contributed by atoms with Crippen LogP contribution in [0.2, 0.25) is 0 Å². The highest BCUT2D eigenvalue weighted by Crippen LogP contribution is 2.71. The molecule has 4 aliphatic rings. The zero-order valence-electron chi connectivity index (χ0n) is 26.4. The maximum Gasteiger partial charge on any atom is 0.490 e. The monoisotopic (exact) mass is 840 g/mol. The lowest BCUT2D eigenvalue weighted by molar-refractivity contribution is -0.0250. The molecule has 4 aliphatic heterocycles. The molecule has 53 heavy (non-hydrogen) atoms. The third-order valence-corrected chi connectivity index (χ3v) is 13.1. The van der Waals surface area contributed by atoms with Crippen molar-refractivity contribution >= 4 is 67.5 Å². The molecule has 27 nitrogen and oxygen atoms in total. The van der Waals surface area contributed by atoms with E-state index in [1.807, 2.05) is 0 Å². The van der Waals surface area contributed by atoms with Gasteiger partial charge in [0, 0.05) is 24.8 Å². The van der Waals surface area contributed by atoms with Gasteiger partial charge in [-0.25, -0.2) is 47.8 Å². The summed E-state index contributed by atoms with van der Waals surface area (Å²) in [6, 6.07) is -1.63. The summed E-state index contributed by atoms with van der Waals surface area (Å²) in [5, 5.41) is 46.2. The van der Waals surface area contributed by atoms with E-state index < -0.39 is 117 Å². The maximum absolute atomic E-state index is 12.4. The average molecular weight is 840 g/mol. The summed E-state index contributed by atoms with van der Waals surface area (Å²) < 4.78 is 80.8. The quantitative estimate of drug-likeness (QED) is 0.0779. The second-order valence-corrected chi connectivity index (χ2v) is 17.0. The van der Waals surface area contributed by atoms with Gasteiger partial charge >= 0.3 is 43.4 Å². The Bertz CT molecular complexity index is 1650. The van der Waals surface area contributed by atoms with Crippen LogP contribution in [0.15, 0.2) is 45.5 Å². The van der Waals surface area contributed by atoms with Gasteiger partial charge in [0.2, 0.25) is 0 Å². The van der Waals surface area contributed by atoms with Crippen LogP contribution in [-0.4, -0.2) is 138 Å². The maximum atomic E-state index is 12.4. The first kappa shape index (κ1) is 43.2. The van der Waals surface area contributed by atoms with E-state index in [1.54, 1.807) is 0 Å². The van der Waals surface area contributed by atoms with Crippen LogP contribution in [-0.2, 0) is 49.7 Å². The fourth-order valence-electron chi connectivity index (χ4n) is 5.03. The van der Waals surface area contributed by atoms with E-state index >= 15 is 0 Å². The number of aliphatic hydroxyl groups is 4. The minimum atomic E-state index is -6.22. The first-order valence-electron chi connectivity index (χ1n) is 14.4. The number of nitrogens with one attached hydrogen (secondary N) is 2. The normalized spacial score (nSPS) is 37.7. The van der Waals surface area contributed by atoms with Gasteiger partial charge in [-0.15, -0.1) is 0 Å². The number of hydrogen-bond donors (Lipinski definition) is 10. The summed E-state index contributed by atoms with van der Waals surface area (Å²) in [5.41, 5.74) is 0. The molecule has 4 rings (SSSR count). The lowest BCUT2D eigenvalue weighted by atomic mass is 9.95. The molecule has 4 amide bonds. The number of aliphatic imine (C=N–C) groups is 4. The molecule has 296 valence electrons. The topological polar surface area (TPSA) is 402 Å². The van der Waals surface area contributed by atoms with Crippen molar-refractivity contribution in [1.29, 1.82) is 0 Å². The molecule has 14 atom stereocenters. The average Bonchev–Trinajstić information content (AvgIpc) is 3.47. The van der Waals surface area contributed by atoms with Crippen molar-refractivity contribution in [2.75, 3.05) is 13.2 Å². The van der Waals surface area contributed by atoms with Gasteiger partial charge in [-0.1, -0.05) is 13.2 Å². The second-order valence-electron chi connectivity index (χ2n) is 10.8. The molecular formula is C22H32N6O21P4. The third-order valence-electron chi connectivity index (χ3n) is 7.20. The van der Waals surface area contributed by atoms with Gasteiger partial charge in [0.25, 0.3) is 0 Å². The van der Waals surface area contributed by atoms with Gasteiger partial charge in [-0.05, 0) is 0 Å². The largest absolute Gasteiger partial charge is 0.490 e. The Kier molecular flexibility index (Phi) is 13.9. The number of ether oxygens (including phenoxy) is 2. The minimum absolute atomic E-state index is 0.0892. The van der Waals surface area contributed by atoms with Crippen LogP contribution in [0.1, 0.15) is 0 Å². The van der Waals surface area contributed by atoms with Gasteiger partial charge in [0.1, 0.15) is 60.5 Å². The first-order chi connectivity index (χ1) is 24.6. The summed E-state index contributed by atoms with van der Waals surface area (Å²) in [4.78, 5) is 77.3. The molecule has 0 bridgehead atoms. The smallest absolute Gasteiger partial charge is 0.388 e. The fourth-order valence-corrected chi connectivity index (χ4v) is 9.98. The number of phosphoric acid groups is 4. The van der Waals surface area contributed by atoms with Crippen LogP contribution in [0.5, 0.6) is 0 Å². The summed E-state index contributed by atoms with van der Waals surface area (Å²) in [5.74, 6) is -2.32. The highest BCUT2D eigenvalue weighted by molar-refractivity contribution is 7.69. The molecule has 10 N–H and O–H groups in total. The van der Waals surface area contributed by atoms with Crippen LogP contribution < -0.4 is 10.6 Å². The SMILES string of the molecule is C=CN=C1NC(=O)N=CC1[C@H]1O[C@H](COP(=O)(O)OP(=O)(O)OP(=O)(O)OP(=O)(O)OC[C@H]2O[C@H](C3C=NC(=O)NC3=NC=C)[C@H](O)[C@@H]2O)[C@@H](O)[C@H]1O.